The molecule has 0 amide bonds. The minimum absolute atomic E-state index is 0.895. The summed E-state index contributed by atoms with van der Waals surface area (Å²) in [6, 6.07) is 29.8. The summed E-state index contributed by atoms with van der Waals surface area (Å²) in [4.78, 5) is 4.72. The quantitative estimate of drug-likeness (QED) is 0.294. The van der Waals surface area contributed by atoms with Crippen LogP contribution in [-0.2, 0) is 0 Å². The van der Waals surface area contributed by atoms with Gasteiger partial charge in [0.1, 0.15) is 11.2 Å². The zero-order chi connectivity index (χ0) is 20.9. The summed E-state index contributed by atoms with van der Waals surface area (Å²) >= 11 is 0. The molecule has 148 valence electrons. The lowest BCUT2D eigenvalue weighted by Crippen LogP contribution is -1.89. The number of hydrogen-bond donors (Lipinski definition) is 0. The average Bonchev–Trinajstić information content (AvgIpc) is 3.17. The largest absolute Gasteiger partial charge is 0.456 e. The maximum atomic E-state index is 6.31. The van der Waals surface area contributed by atoms with Crippen LogP contribution in [0.25, 0.3) is 55.1 Å². The number of aromatic nitrogens is 1. The lowest BCUT2D eigenvalue weighted by molar-refractivity contribution is 0.669. The molecule has 0 saturated carbocycles. The van der Waals surface area contributed by atoms with Gasteiger partial charge in [0.2, 0.25) is 0 Å². The Labute approximate surface area is 180 Å². The van der Waals surface area contributed by atoms with E-state index in [4.69, 9.17) is 9.40 Å². The number of rotatable bonds is 2. The number of aryl methyl sites for hydroxylation is 2. The Kier molecular flexibility index (Phi) is 3.94. The summed E-state index contributed by atoms with van der Waals surface area (Å²) in [5, 5.41) is 4.84. The van der Waals surface area contributed by atoms with Gasteiger partial charge in [-0.15, -0.1) is 0 Å². The van der Waals surface area contributed by atoms with Crippen molar-refractivity contribution in [2.24, 2.45) is 0 Å². The molecule has 0 N–H and O–H groups in total. The van der Waals surface area contributed by atoms with E-state index in [9.17, 15) is 0 Å². The molecule has 0 aliphatic rings. The number of fused-ring (bicyclic) bond motifs is 5. The number of nitrogens with zero attached hydrogens (tertiary/aromatic N) is 1. The third kappa shape index (κ3) is 2.83. The van der Waals surface area contributed by atoms with Crippen LogP contribution in [0.1, 0.15) is 11.1 Å². The highest BCUT2D eigenvalue weighted by atomic mass is 16.3. The van der Waals surface area contributed by atoms with E-state index in [1.165, 1.54) is 38.4 Å². The molecule has 0 aliphatic carbocycles. The van der Waals surface area contributed by atoms with Crippen LogP contribution in [0.2, 0.25) is 0 Å². The van der Waals surface area contributed by atoms with E-state index in [2.05, 4.69) is 92.7 Å². The molecule has 31 heavy (non-hydrogen) atoms. The Morgan fingerprint density at radius 2 is 1.39 bits per heavy atom. The van der Waals surface area contributed by atoms with Gasteiger partial charge in [-0.1, -0.05) is 60.7 Å². The summed E-state index contributed by atoms with van der Waals surface area (Å²) in [6.07, 6.45) is 1.96. The predicted octanol–water partition coefficient (Wildman–Crippen LogP) is 8.09. The Balaban J connectivity index is 1.55. The molecule has 0 radical (unpaired) electrons. The number of furan rings is 1. The standard InChI is InChI=1S/C29H21NO/c1-18-14-28-29(23-11-7-6-10-22(18)23)24-13-12-21(15-27(24)31-28)26-16-25(19(2)17-30-26)20-8-4-3-5-9-20/h3-17H,1-2H3. The molecular weight excluding hydrogens is 378 g/mol. The van der Waals surface area contributed by atoms with Gasteiger partial charge in [-0.05, 0) is 71.1 Å². The Morgan fingerprint density at radius 3 is 2.23 bits per heavy atom. The van der Waals surface area contributed by atoms with Crippen LogP contribution >= 0.6 is 0 Å². The van der Waals surface area contributed by atoms with Gasteiger partial charge in [0, 0.05) is 22.5 Å². The van der Waals surface area contributed by atoms with E-state index in [0.717, 1.165) is 27.8 Å². The van der Waals surface area contributed by atoms with Crippen LogP contribution in [-0.4, -0.2) is 4.98 Å². The molecule has 4 aromatic carbocycles. The third-order valence-electron chi connectivity index (χ3n) is 6.17. The first kappa shape index (κ1) is 17.9. The first-order valence-corrected chi connectivity index (χ1v) is 10.6. The van der Waals surface area contributed by atoms with Crippen molar-refractivity contribution < 1.29 is 4.42 Å². The van der Waals surface area contributed by atoms with Crippen LogP contribution in [0.15, 0.2) is 95.5 Å². The molecule has 2 heterocycles. The lowest BCUT2D eigenvalue weighted by atomic mass is 9.98. The molecular formula is C29H21NO. The van der Waals surface area contributed by atoms with E-state index in [-0.39, 0.29) is 0 Å². The summed E-state index contributed by atoms with van der Waals surface area (Å²) in [6.45, 7) is 4.25. The lowest BCUT2D eigenvalue weighted by Gasteiger charge is -2.09. The highest BCUT2D eigenvalue weighted by Crippen LogP contribution is 2.38. The van der Waals surface area contributed by atoms with E-state index < -0.39 is 0 Å². The highest BCUT2D eigenvalue weighted by Gasteiger charge is 2.14. The zero-order valence-corrected chi connectivity index (χ0v) is 17.5. The fourth-order valence-corrected chi connectivity index (χ4v) is 4.58. The minimum atomic E-state index is 0.895. The first-order valence-electron chi connectivity index (χ1n) is 10.6. The Hall–Kier alpha value is -3.91. The molecule has 6 aromatic rings. The molecule has 2 nitrogen and oxygen atoms in total. The molecule has 0 atom stereocenters. The second-order valence-corrected chi connectivity index (χ2v) is 8.18. The van der Waals surface area contributed by atoms with E-state index in [1.54, 1.807) is 0 Å². The fraction of sp³-hybridized carbons (Fsp3) is 0.0690. The predicted molar refractivity (Wildman–Crippen MR) is 129 cm³/mol. The molecule has 0 spiro atoms. The molecule has 0 aliphatic heterocycles. The van der Waals surface area contributed by atoms with Gasteiger partial charge in [-0.2, -0.15) is 0 Å². The van der Waals surface area contributed by atoms with Crippen molar-refractivity contribution in [3.05, 3.63) is 102 Å². The summed E-state index contributed by atoms with van der Waals surface area (Å²) in [5.41, 5.74) is 8.65. The molecule has 0 bridgehead atoms. The van der Waals surface area contributed by atoms with Crippen molar-refractivity contribution in [3.63, 3.8) is 0 Å². The summed E-state index contributed by atoms with van der Waals surface area (Å²) in [5.74, 6) is 0. The van der Waals surface area contributed by atoms with Gasteiger partial charge in [0.15, 0.2) is 0 Å². The van der Waals surface area contributed by atoms with Crippen molar-refractivity contribution >= 4 is 32.7 Å². The number of benzene rings is 4. The monoisotopic (exact) mass is 399 g/mol. The molecule has 0 fully saturated rings. The van der Waals surface area contributed by atoms with Crippen molar-refractivity contribution in [3.8, 4) is 22.4 Å². The van der Waals surface area contributed by atoms with Gasteiger partial charge in [-0.3, -0.25) is 4.98 Å². The molecule has 0 saturated heterocycles. The SMILES string of the molecule is Cc1cnc(-c2ccc3c(c2)oc2cc(C)c4ccccc4c23)cc1-c1ccccc1. The third-order valence-corrected chi connectivity index (χ3v) is 6.17. The van der Waals surface area contributed by atoms with E-state index in [1.807, 2.05) is 12.3 Å². The van der Waals surface area contributed by atoms with Gasteiger partial charge < -0.3 is 4.42 Å². The van der Waals surface area contributed by atoms with Crippen molar-refractivity contribution in [1.29, 1.82) is 0 Å². The average molecular weight is 399 g/mol. The minimum Gasteiger partial charge on any atom is -0.456 e. The van der Waals surface area contributed by atoms with Gasteiger partial charge >= 0.3 is 0 Å². The highest BCUT2D eigenvalue weighted by molar-refractivity contribution is 6.19. The second kappa shape index (κ2) is 6.82. The van der Waals surface area contributed by atoms with Gasteiger partial charge in [0.25, 0.3) is 0 Å². The van der Waals surface area contributed by atoms with Crippen LogP contribution in [0.4, 0.5) is 0 Å². The zero-order valence-electron chi connectivity index (χ0n) is 17.5. The Bertz CT molecular complexity index is 1590. The van der Waals surface area contributed by atoms with Crippen molar-refractivity contribution in [2.45, 2.75) is 13.8 Å². The second-order valence-electron chi connectivity index (χ2n) is 8.18. The topological polar surface area (TPSA) is 26.0 Å². The smallest absolute Gasteiger partial charge is 0.136 e. The Morgan fingerprint density at radius 1 is 0.613 bits per heavy atom. The number of hydrogen-bond acceptors (Lipinski definition) is 2. The van der Waals surface area contributed by atoms with Crippen molar-refractivity contribution in [1.82, 2.24) is 4.98 Å². The van der Waals surface area contributed by atoms with Crippen LogP contribution in [0.5, 0.6) is 0 Å². The fourth-order valence-electron chi connectivity index (χ4n) is 4.58. The number of pyridine rings is 1. The summed E-state index contributed by atoms with van der Waals surface area (Å²) in [7, 11) is 0. The maximum Gasteiger partial charge on any atom is 0.136 e. The molecule has 2 aromatic heterocycles. The maximum absolute atomic E-state index is 6.31. The molecule has 0 unspecified atom stereocenters. The van der Waals surface area contributed by atoms with Crippen LogP contribution in [0, 0.1) is 13.8 Å². The van der Waals surface area contributed by atoms with Gasteiger partial charge in [-0.25, -0.2) is 0 Å². The van der Waals surface area contributed by atoms with Crippen molar-refractivity contribution in [2.75, 3.05) is 0 Å². The van der Waals surface area contributed by atoms with Crippen LogP contribution < -0.4 is 0 Å². The van der Waals surface area contributed by atoms with E-state index >= 15 is 0 Å². The van der Waals surface area contributed by atoms with Gasteiger partial charge in [0.05, 0.1) is 5.69 Å². The molecule has 6 rings (SSSR count). The van der Waals surface area contributed by atoms with Crippen LogP contribution in [0.3, 0.4) is 0 Å². The van der Waals surface area contributed by atoms with E-state index in [0.29, 0.717) is 0 Å². The summed E-state index contributed by atoms with van der Waals surface area (Å²) < 4.78 is 6.31. The normalized spacial score (nSPS) is 11.5. The molecule has 2 heteroatoms. The first-order chi connectivity index (χ1) is 15.2.